The minimum Gasteiger partial charge on any atom is -0.383 e. The number of H-pyrrole nitrogens is 1. The topological polar surface area (TPSA) is 93.6 Å². The first-order chi connectivity index (χ1) is 7.75. The second kappa shape index (κ2) is 3.06. The zero-order valence-corrected chi connectivity index (χ0v) is 8.56. The number of aromatic nitrogens is 4. The predicted octanol–water partition coefficient (Wildman–Crippen LogP) is 1.50. The van der Waals surface area contributed by atoms with Crippen molar-refractivity contribution in [2.45, 2.75) is 6.92 Å². The number of nitrogens with two attached hydrogens (primary N) is 1. The van der Waals surface area contributed by atoms with E-state index >= 15 is 0 Å². The third-order valence-electron chi connectivity index (χ3n) is 2.40. The maximum atomic E-state index is 5.82. The number of anilines is 1. The Bertz CT molecular complexity index is 654. The van der Waals surface area contributed by atoms with Crippen LogP contribution in [0.25, 0.3) is 22.3 Å². The van der Waals surface area contributed by atoms with Gasteiger partial charge in [0.1, 0.15) is 29.2 Å². The van der Waals surface area contributed by atoms with E-state index in [1.165, 1.54) is 6.33 Å². The Morgan fingerprint density at radius 3 is 3.00 bits per heavy atom. The molecule has 0 amide bonds. The van der Waals surface area contributed by atoms with Crippen molar-refractivity contribution in [2.75, 3.05) is 5.73 Å². The van der Waals surface area contributed by atoms with Crippen LogP contribution < -0.4 is 5.73 Å². The molecule has 0 aromatic carbocycles. The van der Waals surface area contributed by atoms with Crippen molar-refractivity contribution >= 4 is 16.9 Å². The summed E-state index contributed by atoms with van der Waals surface area (Å²) in [6, 6.07) is 1.84. The van der Waals surface area contributed by atoms with Gasteiger partial charge in [0.2, 0.25) is 0 Å². The molecule has 0 unspecified atom stereocenters. The molecule has 0 radical (unpaired) electrons. The van der Waals surface area contributed by atoms with E-state index in [1.54, 1.807) is 6.20 Å². The summed E-state index contributed by atoms with van der Waals surface area (Å²) in [6.45, 7) is 1.84. The second-order valence-corrected chi connectivity index (χ2v) is 3.51. The van der Waals surface area contributed by atoms with Gasteiger partial charge in [-0.05, 0) is 6.92 Å². The van der Waals surface area contributed by atoms with E-state index in [-0.39, 0.29) is 0 Å². The van der Waals surface area contributed by atoms with Crippen LogP contribution in [-0.2, 0) is 0 Å². The molecule has 3 rings (SSSR count). The number of aromatic amines is 1. The number of rotatable bonds is 1. The largest absolute Gasteiger partial charge is 0.383 e. The van der Waals surface area contributed by atoms with Crippen LogP contribution in [0, 0.1) is 6.92 Å². The highest BCUT2D eigenvalue weighted by Gasteiger charge is 2.13. The molecule has 0 atom stereocenters. The number of aryl methyl sites for hydroxylation is 1. The van der Waals surface area contributed by atoms with E-state index in [2.05, 4.69) is 20.1 Å². The number of hydrogen-bond acceptors (Lipinski definition) is 5. The molecule has 0 saturated heterocycles. The molecule has 0 aliphatic rings. The van der Waals surface area contributed by atoms with Crippen molar-refractivity contribution in [3.8, 4) is 11.3 Å². The minimum atomic E-state index is 0.432. The summed E-state index contributed by atoms with van der Waals surface area (Å²) in [6.07, 6.45) is 3.22. The van der Waals surface area contributed by atoms with E-state index in [0.29, 0.717) is 11.5 Å². The Labute approximate surface area is 90.5 Å². The van der Waals surface area contributed by atoms with Crippen molar-refractivity contribution in [1.29, 1.82) is 0 Å². The molecule has 3 N–H and O–H groups in total. The summed E-state index contributed by atoms with van der Waals surface area (Å²) < 4.78 is 5.03. The lowest BCUT2D eigenvalue weighted by Crippen LogP contribution is -1.92. The number of fused-ring (bicyclic) bond motifs is 1. The molecule has 0 aliphatic heterocycles. The average Bonchev–Trinajstić information content (AvgIpc) is 2.84. The zero-order chi connectivity index (χ0) is 11.1. The van der Waals surface area contributed by atoms with Crippen molar-refractivity contribution in [1.82, 2.24) is 20.1 Å². The number of hydrogen-bond donors (Lipinski definition) is 2. The molecule has 3 heterocycles. The fourth-order valence-corrected chi connectivity index (χ4v) is 1.68. The van der Waals surface area contributed by atoms with E-state index in [0.717, 1.165) is 22.4 Å². The molecular weight excluding hydrogens is 206 g/mol. The van der Waals surface area contributed by atoms with Crippen LogP contribution in [0.5, 0.6) is 0 Å². The van der Waals surface area contributed by atoms with Gasteiger partial charge in [0.15, 0.2) is 0 Å². The first-order valence-electron chi connectivity index (χ1n) is 4.77. The van der Waals surface area contributed by atoms with Gasteiger partial charge in [-0.3, -0.25) is 0 Å². The van der Waals surface area contributed by atoms with E-state index in [9.17, 15) is 0 Å². The summed E-state index contributed by atoms with van der Waals surface area (Å²) in [5.41, 5.74) is 8.09. The van der Waals surface area contributed by atoms with Crippen molar-refractivity contribution < 1.29 is 4.52 Å². The highest BCUT2D eigenvalue weighted by molar-refractivity contribution is 5.99. The van der Waals surface area contributed by atoms with Gasteiger partial charge in [0.25, 0.3) is 0 Å². The Morgan fingerprint density at radius 1 is 1.38 bits per heavy atom. The van der Waals surface area contributed by atoms with Crippen molar-refractivity contribution in [3.05, 3.63) is 24.4 Å². The molecule has 80 valence electrons. The van der Waals surface area contributed by atoms with Gasteiger partial charge in [0, 0.05) is 17.8 Å². The van der Waals surface area contributed by atoms with Crippen LogP contribution in [0.3, 0.4) is 0 Å². The molecule has 6 nitrogen and oxygen atoms in total. The van der Waals surface area contributed by atoms with Crippen LogP contribution >= 0.6 is 0 Å². The lowest BCUT2D eigenvalue weighted by Gasteiger charge is -1.95. The molecule has 3 aromatic heterocycles. The average molecular weight is 215 g/mol. The predicted molar refractivity (Wildman–Crippen MR) is 58.5 cm³/mol. The van der Waals surface area contributed by atoms with Gasteiger partial charge < -0.3 is 15.2 Å². The van der Waals surface area contributed by atoms with Crippen LogP contribution in [-0.4, -0.2) is 20.1 Å². The lowest BCUT2D eigenvalue weighted by molar-refractivity contribution is 0.400. The maximum Gasteiger partial charge on any atom is 0.143 e. The van der Waals surface area contributed by atoms with Crippen LogP contribution in [0.1, 0.15) is 5.76 Å². The normalized spacial score (nSPS) is 11.1. The SMILES string of the molecule is Cc1cc(-c2c[nH]c3ncnc(N)c23)no1. The summed E-state index contributed by atoms with van der Waals surface area (Å²) in [7, 11) is 0. The van der Waals surface area contributed by atoms with Gasteiger partial charge in [-0.2, -0.15) is 0 Å². The van der Waals surface area contributed by atoms with Crippen LogP contribution in [0.15, 0.2) is 23.1 Å². The molecule has 0 fully saturated rings. The van der Waals surface area contributed by atoms with Gasteiger partial charge in [0.05, 0.1) is 5.39 Å². The number of nitrogens with one attached hydrogen (secondary N) is 1. The maximum absolute atomic E-state index is 5.82. The fraction of sp³-hybridized carbons (Fsp3) is 0.100. The first-order valence-corrected chi connectivity index (χ1v) is 4.77. The smallest absolute Gasteiger partial charge is 0.143 e. The quantitative estimate of drug-likeness (QED) is 0.641. The number of nitrogen functional groups attached to an aromatic ring is 1. The van der Waals surface area contributed by atoms with E-state index < -0.39 is 0 Å². The van der Waals surface area contributed by atoms with Gasteiger partial charge >= 0.3 is 0 Å². The minimum absolute atomic E-state index is 0.432. The standard InChI is InChI=1S/C10H9N5O/c1-5-2-7(15-16-5)6-3-12-10-8(6)9(11)13-4-14-10/h2-4H,1H3,(H3,11,12,13,14). The Kier molecular flexibility index (Phi) is 1.70. The second-order valence-electron chi connectivity index (χ2n) is 3.51. The summed E-state index contributed by atoms with van der Waals surface area (Å²) in [5.74, 6) is 1.18. The van der Waals surface area contributed by atoms with Crippen molar-refractivity contribution in [3.63, 3.8) is 0 Å². The molecule has 0 spiro atoms. The number of nitrogens with zero attached hydrogens (tertiary/aromatic N) is 3. The van der Waals surface area contributed by atoms with E-state index in [4.69, 9.17) is 10.3 Å². The van der Waals surface area contributed by atoms with Gasteiger partial charge in [-0.1, -0.05) is 5.16 Å². The first kappa shape index (κ1) is 8.90. The lowest BCUT2D eigenvalue weighted by atomic mass is 10.1. The van der Waals surface area contributed by atoms with Crippen LogP contribution in [0.4, 0.5) is 5.82 Å². The third-order valence-corrected chi connectivity index (χ3v) is 2.40. The van der Waals surface area contributed by atoms with Crippen LogP contribution in [0.2, 0.25) is 0 Å². The summed E-state index contributed by atoms with van der Waals surface area (Å²) in [4.78, 5) is 11.1. The third kappa shape index (κ3) is 1.16. The molecule has 0 aliphatic carbocycles. The highest BCUT2D eigenvalue weighted by atomic mass is 16.5. The van der Waals surface area contributed by atoms with Gasteiger partial charge in [-0.15, -0.1) is 0 Å². The Balaban J connectivity index is 2.32. The molecule has 0 saturated carbocycles. The molecule has 0 bridgehead atoms. The molecule has 16 heavy (non-hydrogen) atoms. The highest BCUT2D eigenvalue weighted by Crippen LogP contribution is 2.29. The molecule has 6 heteroatoms. The zero-order valence-electron chi connectivity index (χ0n) is 8.56. The van der Waals surface area contributed by atoms with E-state index in [1.807, 2.05) is 13.0 Å². The van der Waals surface area contributed by atoms with Crippen molar-refractivity contribution in [2.24, 2.45) is 0 Å². The summed E-state index contributed by atoms with van der Waals surface area (Å²) >= 11 is 0. The Morgan fingerprint density at radius 2 is 2.25 bits per heavy atom. The fourth-order valence-electron chi connectivity index (χ4n) is 1.68. The molecule has 3 aromatic rings. The van der Waals surface area contributed by atoms with Gasteiger partial charge in [-0.25, -0.2) is 9.97 Å². The summed E-state index contributed by atoms with van der Waals surface area (Å²) in [5, 5.41) is 4.72. The Hall–Kier alpha value is -2.37. The molecular formula is C10H9N5O. The monoisotopic (exact) mass is 215 g/mol.